The molecule has 0 aromatic carbocycles. The smallest absolute Gasteiger partial charge is 0.0182 e. The van der Waals surface area contributed by atoms with Crippen LogP contribution in [0.2, 0.25) is 0 Å². The van der Waals surface area contributed by atoms with Crippen LogP contribution in [-0.4, -0.2) is 5.54 Å². The van der Waals surface area contributed by atoms with Crippen LogP contribution in [-0.2, 0) is 0 Å². The minimum atomic E-state index is 0.122. The Hall–Kier alpha value is -0.0400. The molecule has 0 aliphatic carbocycles. The minimum Gasteiger partial charge on any atom is -0.325 e. The van der Waals surface area contributed by atoms with Crippen molar-refractivity contribution in [1.29, 1.82) is 0 Å². The van der Waals surface area contributed by atoms with E-state index in [2.05, 4.69) is 27.7 Å². The van der Waals surface area contributed by atoms with Crippen molar-refractivity contribution in [3.05, 3.63) is 0 Å². The molecule has 2 N–H and O–H groups in total. The van der Waals surface area contributed by atoms with Crippen LogP contribution in [0.4, 0.5) is 0 Å². The van der Waals surface area contributed by atoms with E-state index >= 15 is 0 Å². The topological polar surface area (TPSA) is 26.0 Å². The number of hydrogen-bond donors (Lipinski definition) is 1. The van der Waals surface area contributed by atoms with E-state index in [9.17, 15) is 0 Å². The number of nitrogens with two attached hydrogens (primary N) is 1. The Balaban J connectivity index is 4.59. The van der Waals surface area contributed by atoms with Crippen LogP contribution in [0.3, 0.4) is 0 Å². The van der Waals surface area contributed by atoms with Crippen LogP contribution < -0.4 is 5.73 Å². The lowest BCUT2D eigenvalue weighted by Crippen LogP contribution is -2.47. The van der Waals surface area contributed by atoms with Gasteiger partial charge in [-0.05, 0) is 31.6 Å². The Labute approximate surface area is 116 Å². The first-order valence-electron chi connectivity index (χ1n) is 8.43. The van der Waals surface area contributed by atoms with Gasteiger partial charge in [-0.1, -0.05) is 72.6 Å². The van der Waals surface area contributed by atoms with E-state index in [1.165, 1.54) is 70.6 Å². The third kappa shape index (κ3) is 6.78. The molecule has 0 spiro atoms. The molecule has 0 amide bonds. The van der Waals surface area contributed by atoms with Gasteiger partial charge in [-0.25, -0.2) is 0 Å². The van der Waals surface area contributed by atoms with Crippen LogP contribution in [0.5, 0.6) is 0 Å². The monoisotopic (exact) mass is 255 g/mol. The van der Waals surface area contributed by atoms with Crippen molar-refractivity contribution < 1.29 is 0 Å². The third-order valence-corrected chi connectivity index (χ3v) is 4.35. The summed E-state index contributed by atoms with van der Waals surface area (Å²) in [6.07, 6.45) is 14.2. The Morgan fingerprint density at radius 1 is 0.722 bits per heavy atom. The second-order valence-electron chi connectivity index (χ2n) is 6.07. The fourth-order valence-corrected chi connectivity index (χ4v) is 3.06. The maximum atomic E-state index is 6.84. The lowest BCUT2D eigenvalue weighted by atomic mass is 9.73. The molecule has 0 rings (SSSR count). The summed E-state index contributed by atoms with van der Waals surface area (Å²) in [5.74, 6) is 0.751. The van der Waals surface area contributed by atoms with Gasteiger partial charge >= 0.3 is 0 Å². The van der Waals surface area contributed by atoms with Gasteiger partial charge < -0.3 is 5.73 Å². The maximum Gasteiger partial charge on any atom is 0.0182 e. The molecule has 0 saturated heterocycles. The maximum absolute atomic E-state index is 6.84. The zero-order chi connectivity index (χ0) is 13.9. The first-order valence-corrected chi connectivity index (χ1v) is 8.43. The Bertz CT molecular complexity index is 168. The van der Waals surface area contributed by atoms with Crippen molar-refractivity contribution >= 4 is 0 Å². The summed E-state index contributed by atoms with van der Waals surface area (Å²) in [5, 5.41) is 0. The summed E-state index contributed by atoms with van der Waals surface area (Å²) in [6, 6.07) is 0. The normalized spacial score (nSPS) is 13.8. The fourth-order valence-electron chi connectivity index (χ4n) is 3.06. The lowest BCUT2D eigenvalue weighted by molar-refractivity contribution is 0.196. The second-order valence-corrected chi connectivity index (χ2v) is 6.07. The summed E-state index contributed by atoms with van der Waals surface area (Å²) >= 11 is 0. The van der Waals surface area contributed by atoms with Crippen LogP contribution >= 0.6 is 0 Å². The predicted octanol–water partition coefficient (Wildman–Crippen LogP) is 5.67. The van der Waals surface area contributed by atoms with Gasteiger partial charge in [0.25, 0.3) is 0 Å². The quantitative estimate of drug-likeness (QED) is 0.477. The van der Waals surface area contributed by atoms with Crippen molar-refractivity contribution in [2.45, 2.75) is 104 Å². The number of rotatable bonds is 12. The molecule has 110 valence electrons. The molecular weight excluding hydrogens is 218 g/mol. The largest absolute Gasteiger partial charge is 0.325 e. The van der Waals surface area contributed by atoms with E-state index in [0.717, 1.165) is 5.92 Å². The fraction of sp³-hybridized carbons (Fsp3) is 1.00. The van der Waals surface area contributed by atoms with Crippen molar-refractivity contribution in [2.24, 2.45) is 11.7 Å². The molecule has 0 aromatic rings. The Kier molecular flexibility index (Phi) is 10.8. The highest BCUT2D eigenvalue weighted by atomic mass is 14.8. The number of hydrogen-bond acceptors (Lipinski definition) is 1. The van der Waals surface area contributed by atoms with Crippen LogP contribution in [0, 0.1) is 5.92 Å². The Morgan fingerprint density at radius 3 is 1.61 bits per heavy atom. The highest BCUT2D eigenvalue weighted by Gasteiger charge is 2.32. The van der Waals surface area contributed by atoms with Gasteiger partial charge in [-0.2, -0.15) is 0 Å². The standard InChI is InChI=1S/C17H37N/c1-5-9-13-16(12-8-4)17(18,14-10-6-2)15-11-7-3/h16H,5-15,18H2,1-4H3. The summed E-state index contributed by atoms with van der Waals surface area (Å²) in [6.45, 7) is 9.15. The highest BCUT2D eigenvalue weighted by Crippen LogP contribution is 2.33. The third-order valence-electron chi connectivity index (χ3n) is 4.35. The van der Waals surface area contributed by atoms with E-state index in [4.69, 9.17) is 5.73 Å². The molecule has 0 radical (unpaired) electrons. The predicted molar refractivity (Wildman–Crippen MR) is 83.9 cm³/mol. The summed E-state index contributed by atoms with van der Waals surface area (Å²) in [4.78, 5) is 0. The van der Waals surface area contributed by atoms with Crippen molar-refractivity contribution in [3.8, 4) is 0 Å². The molecule has 0 aliphatic rings. The molecule has 18 heavy (non-hydrogen) atoms. The highest BCUT2D eigenvalue weighted by molar-refractivity contribution is 4.91. The average molecular weight is 255 g/mol. The molecule has 1 unspecified atom stereocenters. The van der Waals surface area contributed by atoms with Crippen LogP contribution in [0.1, 0.15) is 98.3 Å². The first-order chi connectivity index (χ1) is 8.64. The summed E-state index contributed by atoms with van der Waals surface area (Å²) in [5.41, 5.74) is 6.96. The molecule has 0 saturated carbocycles. The minimum absolute atomic E-state index is 0.122. The van der Waals surface area contributed by atoms with Crippen molar-refractivity contribution in [1.82, 2.24) is 0 Å². The van der Waals surface area contributed by atoms with Gasteiger partial charge in [-0.3, -0.25) is 0 Å². The molecule has 0 heterocycles. The van der Waals surface area contributed by atoms with Gasteiger partial charge in [0.15, 0.2) is 0 Å². The molecule has 0 aromatic heterocycles. The molecular formula is C17H37N. The molecule has 1 atom stereocenters. The Morgan fingerprint density at radius 2 is 1.22 bits per heavy atom. The van der Waals surface area contributed by atoms with Gasteiger partial charge in [0, 0.05) is 5.54 Å². The van der Waals surface area contributed by atoms with E-state index in [1.54, 1.807) is 0 Å². The van der Waals surface area contributed by atoms with Crippen molar-refractivity contribution in [3.63, 3.8) is 0 Å². The molecule has 1 nitrogen and oxygen atoms in total. The van der Waals surface area contributed by atoms with Gasteiger partial charge in [0.05, 0.1) is 0 Å². The molecule has 1 heteroatoms. The zero-order valence-corrected chi connectivity index (χ0v) is 13.4. The average Bonchev–Trinajstić information content (AvgIpc) is 2.38. The summed E-state index contributed by atoms with van der Waals surface area (Å²) < 4.78 is 0. The van der Waals surface area contributed by atoms with Gasteiger partial charge in [0.2, 0.25) is 0 Å². The van der Waals surface area contributed by atoms with Gasteiger partial charge in [-0.15, -0.1) is 0 Å². The van der Waals surface area contributed by atoms with Gasteiger partial charge in [0.1, 0.15) is 0 Å². The molecule has 0 aliphatic heterocycles. The van der Waals surface area contributed by atoms with E-state index in [1.807, 2.05) is 0 Å². The number of unbranched alkanes of at least 4 members (excludes halogenated alkanes) is 3. The molecule has 0 fully saturated rings. The van der Waals surface area contributed by atoms with Crippen LogP contribution in [0.25, 0.3) is 0 Å². The SMILES string of the molecule is CCCCC(CCC)C(N)(CCCC)CCCC. The van der Waals surface area contributed by atoms with E-state index < -0.39 is 0 Å². The van der Waals surface area contributed by atoms with E-state index in [0.29, 0.717) is 0 Å². The lowest BCUT2D eigenvalue weighted by Gasteiger charge is -2.38. The first kappa shape index (κ1) is 18.0. The van der Waals surface area contributed by atoms with Crippen molar-refractivity contribution in [2.75, 3.05) is 0 Å². The van der Waals surface area contributed by atoms with E-state index in [-0.39, 0.29) is 5.54 Å². The second kappa shape index (κ2) is 10.8. The zero-order valence-electron chi connectivity index (χ0n) is 13.4. The molecule has 0 bridgehead atoms. The van der Waals surface area contributed by atoms with Crippen LogP contribution in [0.15, 0.2) is 0 Å². The summed E-state index contributed by atoms with van der Waals surface area (Å²) in [7, 11) is 0.